The number of nitrogens with one attached hydrogen (secondary N) is 2. The average molecular weight is 338 g/mol. The van der Waals surface area contributed by atoms with E-state index in [9.17, 15) is 0 Å². The van der Waals surface area contributed by atoms with Crippen molar-refractivity contribution >= 4 is 0 Å². The molecule has 2 aromatic heterocycles. The normalized spacial score (nSPS) is 20.2. The third-order valence-electron chi connectivity index (χ3n) is 4.52. The first kappa shape index (κ1) is 16.0. The summed E-state index contributed by atoms with van der Waals surface area (Å²) in [5.41, 5.74) is 2.21. The zero-order valence-electron chi connectivity index (χ0n) is 14.2. The summed E-state index contributed by atoms with van der Waals surface area (Å²) in [7, 11) is 0. The van der Waals surface area contributed by atoms with E-state index in [0.29, 0.717) is 5.92 Å². The van der Waals surface area contributed by atoms with Crippen LogP contribution < -0.4 is 5.32 Å². The third kappa shape index (κ3) is 3.47. The lowest BCUT2D eigenvalue weighted by Gasteiger charge is -2.16. The number of aromatic amines is 1. The number of para-hydroxylation sites is 1. The molecule has 0 saturated carbocycles. The van der Waals surface area contributed by atoms with Gasteiger partial charge in [0.15, 0.2) is 5.82 Å². The van der Waals surface area contributed by atoms with E-state index in [0.717, 1.165) is 49.1 Å². The van der Waals surface area contributed by atoms with Crippen molar-refractivity contribution in [1.29, 1.82) is 0 Å². The van der Waals surface area contributed by atoms with Crippen molar-refractivity contribution in [3.63, 3.8) is 0 Å². The van der Waals surface area contributed by atoms with Crippen molar-refractivity contribution in [2.45, 2.75) is 26.0 Å². The van der Waals surface area contributed by atoms with Crippen LogP contribution in [0, 0.1) is 12.8 Å². The van der Waals surface area contributed by atoms with Gasteiger partial charge in [-0.1, -0.05) is 18.2 Å². The van der Waals surface area contributed by atoms with E-state index in [1.807, 2.05) is 42.1 Å². The predicted octanol–water partition coefficient (Wildman–Crippen LogP) is 2.17. The Kier molecular flexibility index (Phi) is 4.58. The molecule has 0 bridgehead atoms. The van der Waals surface area contributed by atoms with E-state index < -0.39 is 0 Å². The summed E-state index contributed by atoms with van der Waals surface area (Å²) in [4.78, 5) is 4.42. The van der Waals surface area contributed by atoms with Crippen LogP contribution >= 0.6 is 0 Å². The largest absolute Gasteiger partial charge is 0.370 e. The van der Waals surface area contributed by atoms with Crippen LogP contribution in [0.15, 0.2) is 42.6 Å². The van der Waals surface area contributed by atoms with Gasteiger partial charge in [0.2, 0.25) is 0 Å². The van der Waals surface area contributed by atoms with Crippen molar-refractivity contribution in [2.75, 3.05) is 13.2 Å². The summed E-state index contributed by atoms with van der Waals surface area (Å²) in [6.07, 6.45) is 2.82. The first-order chi connectivity index (χ1) is 12.3. The fourth-order valence-electron chi connectivity index (χ4n) is 3.27. The quantitative estimate of drug-likeness (QED) is 0.720. The maximum Gasteiger partial charge on any atom is 0.179 e. The summed E-state index contributed by atoms with van der Waals surface area (Å²) in [5, 5.41) is 15.1. The second-order valence-electron chi connectivity index (χ2n) is 6.32. The molecule has 0 aliphatic carbocycles. The van der Waals surface area contributed by atoms with Crippen molar-refractivity contribution in [3.05, 3.63) is 59.9 Å². The molecule has 0 radical (unpaired) electrons. The van der Waals surface area contributed by atoms with Gasteiger partial charge in [0.05, 0.1) is 11.4 Å². The van der Waals surface area contributed by atoms with E-state index in [-0.39, 0.29) is 6.10 Å². The molecule has 7 heteroatoms. The van der Waals surface area contributed by atoms with E-state index in [1.54, 1.807) is 0 Å². The Morgan fingerprint density at radius 2 is 2.16 bits per heavy atom. The van der Waals surface area contributed by atoms with Gasteiger partial charge < -0.3 is 10.1 Å². The minimum Gasteiger partial charge on any atom is -0.370 e. The number of H-pyrrole nitrogens is 1. The molecule has 4 rings (SSSR count). The van der Waals surface area contributed by atoms with E-state index in [2.05, 4.69) is 37.7 Å². The van der Waals surface area contributed by atoms with E-state index in [1.165, 1.54) is 0 Å². The smallest absolute Gasteiger partial charge is 0.179 e. The Morgan fingerprint density at radius 3 is 2.96 bits per heavy atom. The Morgan fingerprint density at radius 1 is 1.28 bits per heavy atom. The van der Waals surface area contributed by atoms with E-state index >= 15 is 0 Å². The van der Waals surface area contributed by atoms with Gasteiger partial charge in [-0.3, -0.25) is 5.10 Å². The molecule has 1 saturated heterocycles. The van der Waals surface area contributed by atoms with Crippen LogP contribution in [-0.4, -0.2) is 38.1 Å². The van der Waals surface area contributed by atoms with Crippen molar-refractivity contribution in [2.24, 2.45) is 5.92 Å². The molecule has 0 unspecified atom stereocenters. The Hall–Kier alpha value is -2.51. The second-order valence-corrected chi connectivity index (χ2v) is 6.32. The van der Waals surface area contributed by atoms with Gasteiger partial charge in [0.1, 0.15) is 11.9 Å². The average Bonchev–Trinajstić information content (AvgIpc) is 3.36. The number of aromatic nitrogens is 5. The highest BCUT2D eigenvalue weighted by molar-refractivity contribution is 5.32. The number of hydrogen-bond donors (Lipinski definition) is 2. The van der Waals surface area contributed by atoms with Gasteiger partial charge in [-0.05, 0) is 31.5 Å². The van der Waals surface area contributed by atoms with Crippen molar-refractivity contribution in [3.8, 4) is 5.69 Å². The number of rotatable bonds is 6. The number of aryl methyl sites for hydroxylation is 1. The van der Waals surface area contributed by atoms with Crippen LogP contribution in [0.3, 0.4) is 0 Å². The zero-order valence-corrected chi connectivity index (χ0v) is 14.2. The van der Waals surface area contributed by atoms with Gasteiger partial charge in [-0.25, -0.2) is 9.67 Å². The monoisotopic (exact) mass is 338 g/mol. The molecule has 1 aliphatic rings. The molecule has 1 aliphatic heterocycles. The van der Waals surface area contributed by atoms with Crippen LogP contribution in [0.5, 0.6) is 0 Å². The molecule has 3 heterocycles. The highest BCUT2D eigenvalue weighted by Crippen LogP contribution is 2.32. The summed E-state index contributed by atoms with van der Waals surface area (Å²) >= 11 is 0. The summed E-state index contributed by atoms with van der Waals surface area (Å²) in [5.74, 6) is 1.96. The third-order valence-corrected chi connectivity index (χ3v) is 4.52. The maximum absolute atomic E-state index is 5.84. The summed E-state index contributed by atoms with van der Waals surface area (Å²) < 4.78 is 7.81. The van der Waals surface area contributed by atoms with E-state index in [4.69, 9.17) is 4.74 Å². The lowest BCUT2D eigenvalue weighted by molar-refractivity contribution is 0.0835. The van der Waals surface area contributed by atoms with Crippen LogP contribution in [0.1, 0.15) is 29.9 Å². The zero-order chi connectivity index (χ0) is 17.1. The van der Waals surface area contributed by atoms with Gasteiger partial charge in [0, 0.05) is 31.8 Å². The fourth-order valence-corrected chi connectivity index (χ4v) is 3.27. The van der Waals surface area contributed by atoms with Gasteiger partial charge >= 0.3 is 0 Å². The number of benzene rings is 1. The molecule has 0 spiro atoms. The molecular weight excluding hydrogens is 316 g/mol. The molecule has 130 valence electrons. The van der Waals surface area contributed by atoms with Crippen molar-refractivity contribution < 1.29 is 4.74 Å². The molecule has 1 fully saturated rings. The molecule has 2 atom stereocenters. The van der Waals surface area contributed by atoms with Crippen LogP contribution in [0.2, 0.25) is 0 Å². The topological polar surface area (TPSA) is 80.7 Å². The van der Waals surface area contributed by atoms with Crippen LogP contribution in [0.4, 0.5) is 0 Å². The molecule has 0 amide bonds. The number of hydrogen-bond acceptors (Lipinski definition) is 5. The maximum atomic E-state index is 5.84. The lowest BCUT2D eigenvalue weighted by Crippen LogP contribution is -2.26. The van der Waals surface area contributed by atoms with Gasteiger partial charge in [0.25, 0.3) is 0 Å². The molecule has 7 nitrogen and oxygen atoms in total. The van der Waals surface area contributed by atoms with Crippen LogP contribution in [0.25, 0.3) is 5.69 Å². The number of nitrogens with zero attached hydrogens (tertiary/aromatic N) is 4. The molecule has 1 aromatic carbocycles. The Balaban J connectivity index is 1.38. The second kappa shape index (κ2) is 7.16. The first-order valence-electron chi connectivity index (χ1n) is 8.61. The lowest BCUT2D eigenvalue weighted by atomic mass is 10.0. The van der Waals surface area contributed by atoms with Crippen molar-refractivity contribution in [1.82, 2.24) is 30.3 Å². The van der Waals surface area contributed by atoms with Gasteiger partial charge in [-0.15, -0.1) is 0 Å². The highest BCUT2D eigenvalue weighted by Gasteiger charge is 2.32. The Labute approximate surface area is 146 Å². The van der Waals surface area contributed by atoms with Gasteiger partial charge in [-0.2, -0.15) is 10.2 Å². The summed E-state index contributed by atoms with van der Waals surface area (Å²) in [6, 6.07) is 12.2. The minimum absolute atomic E-state index is 0.0310. The Bertz CT molecular complexity index is 812. The SMILES string of the molecule is Cc1nc([C@H]2OCC[C@H]2CNCc2ccnn2-c2ccccc2)n[nH]1. The summed E-state index contributed by atoms with van der Waals surface area (Å²) in [6.45, 7) is 4.28. The molecule has 2 N–H and O–H groups in total. The predicted molar refractivity (Wildman–Crippen MR) is 93.2 cm³/mol. The molecular formula is C18H22N6O. The molecule has 25 heavy (non-hydrogen) atoms. The molecule has 3 aromatic rings. The highest BCUT2D eigenvalue weighted by atomic mass is 16.5. The van der Waals surface area contributed by atoms with Crippen LogP contribution in [-0.2, 0) is 11.3 Å². The first-order valence-corrected chi connectivity index (χ1v) is 8.61. The number of ether oxygens (including phenoxy) is 1. The minimum atomic E-state index is -0.0310. The fraction of sp³-hybridized carbons (Fsp3) is 0.389. The standard InChI is InChI=1S/C18H22N6O/c1-13-21-18(23-22-13)17-14(8-10-25-17)11-19-12-16-7-9-20-24(16)15-5-3-2-4-6-15/h2-7,9,14,17,19H,8,10-12H2,1H3,(H,21,22,23)/t14-,17-/m0/s1.